The Morgan fingerprint density at radius 3 is 1.65 bits per heavy atom. The minimum atomic E-state index is -0.831. The van der Waals surface area contributed by atoms with Gasteiger partial charge in [0.2, 0.25) is 0 Å². The van der Waals surface area contributed by atoms with Crippen LogP contribution in [0.1, 0.15) is 50.1 Å². The van der Waals surface area contributed by atoms with Crippen molar-refractivity contribution in [3.63, 3.8) is 0 Å². The maximum Gasteiger partial charge on any atom is 0.178 e. The summed E-state index contributed by atoms with van der Waals surface area (Å²) < 4.78 is 13.5. The van der Waals surface area contributed by atoms with Crippen molar-refractivity contribution in [3.05, 3.63) is 196 Å². The van der Waals surface area contributed by atoms with Crippen LogP contribution in [0.15, 0.2) is 146 Å². The molecule has 0 radical (unpaired) electrons. The number of fused-ring (bicyclic) bond motifs is 15. The zero-order chi connectivity index (χ0) is 32.9. The van der Waals surface area contributed by atoms with Gasteiger partial charge in [0.05, 0.1) is 12.5 Å². The average molecular weight is 631 g/mol. The third kappa shape index (κ3) is 3.61. The molecule has 1 spiro atoms. The predicted molar refractivity (Wildman–Crippen MR) is 200 cm³/mol. The van der Waals surface area contributed by atoms with Gasteiger partial charge in [-0.2, -0.15) is 0 Å². The molecule has 0 saturated heterocycles. The van der Waals surface area contributed by atoms with Crippen LogP contribution in [-0.2, 0) is 11.0 Å². The zero-order valence-electron chi connectivity index (χ0n) is 27.8. The SMILES string of the molecule is COc1ccc2c3c(c4c(c2c1)OC(c1ccc(C)cc1)(c1ccc(C)cc1)C=C4)C1(c2ccccc2-c2ccccc21)c1ccccc1-3. The fraction of sp³-hybridized carbons (Fsp3) is 0.106. The Morgan fingerprint density at radius 2 is 1.08 bits per heavy atom. The highest BCUT2D eigenvalue weighted by molar-refractivity contribution is 6.11. The summed E-state index contributed by atoms with van der Waals surface area (Å²) in [5.74, 6) is 1.69. The highest BCUT2D eigenvalue weighted by Crippen LogP contribution is 2.66. The van der Waals surface area contributed by atoms with Gasteiger partial charge < -0.3 is 9.47 Å². The summed E-state index contributed by atoms with van der Waals surface area (Å²) in [5.41, 5.74) is 14.8. The summed E-state index contributed by atoms with van der Waals surface area (Å²) in [6, 6.07) is 51.0. The number of hydrogen-bond donors (Lipinski definition) is 0. The van der Waals surface area contributed by atoms with E-state index in [-0.39, 0.29) is 0 Å². The highest BCUT2D eigenvalue weighted by atomic mass is 16.5. The first-order chi connectivity index (χ1) is 24.0. The Balaban J connectivity index is 1.37. The van der Waals surface area contributed by atoms with Gasteiger partial charge in [0, 0.05) is 22.1 Å². The molecule has 0 N–H and O–H groups in total. The summed E-state index contributed by atoms with van der Waals surface area (Å²) in [7, 11) is 1.74. The van der Waals surface area contributed by atoms with Crippen molar-refractivity contribution >= 4 is 16.8 Å². The van der Waals surface area contributed by atoms with Gasteiger partial charge in [-0.3, -0.25) is 0 Å². The third-order valence-corrected chi connectivity index (χ3v) is 11.1. The van der Waals surface area contributed by atoms with E-state index in [9.17, 15) is 0 Å². The number of hydrogen-bond acceptors (Lipinski definition) is 2. The number of benzene rings is 7. The maximum absolute atomic E-state index is 7.64. The van der Waals surface area contributed by atoms with Crippen molar-refractivity contribution in [3.8, 4) is 33.8 Å². The van der Waals surface area contributed by atoms with E-state index in [2.05, 4.69) is 166 Å². The topological polar surface area (TPSA) is 18.5 Å². The first-order valence-corrected chi connectivity index (χ1v) is 17.0. The first kappa shape index (κ1) is 28.2. The molecule has 10 rings (SSSR count). The lowest BCUT2D eigenvalue weighted by atomic mass is 9.68. The minimum Gasteiger partial charge on any atom is -0.497 e. The zero-order valence-corrected chi connectivity index (χ0v) is 27.8. The van der Waals surface area contributed by atoms with E-state index >= 15 is 0 Å². The molecule has 0 atom stereocenters. The number of ether oxygens (including phenoxy) is 2. The van der Waals surface area contributed by atoms with Crippen LogP contribution in [-0.4, -0.2) is 7.11 Å². The molecule has 0 bridgehead atoms. The second-order valence-electron chi connectivity index (χ2n) is 13.7. The van der Waals surface area contributed by atoms with Crippen LogP contribution in [0.5, 0.6) is 11.5 Å². The summed E-state index contributed by atoms with van der Waals surface area (Å²) in [4.78, 5) is 0. The van der Waals surface area contributed by atoms with Gasteiger partial charge in [0.25, 0.3) is 0 Å². The van der Waals surface area contributed by atoms with Crippen LogP contribution in [0, 0.1) is 13.8 Å². The second kappa shape index (κ2) is 10.1. The Labute approximate surface area is 286 Å². The van der Waals surface area contributed by atoms with Crippen molar-refractivity contribution in [2.45, 2.75) is 24.9 Å². The van der Waals surface area contributed by atoms with E-state index in [4.69, 9.17) is 9.47 Å². The average Bonchev–Trinajstić information content (AvgIpc) is 3.63. The largest absolute Gasteiger partial charge is 0.497 e. The molecular formula is C47H34O2. The molecule has 0 amide bonds. The van der Waals surface area contributed by atoms with E-state index in [1.54, 1.807) is 7.11 Å². The van der Waals surface area contributed by atoms with Gasteiger partial charge in [-0.05, 0) is 88.0 Å². The van der Waals surface area contributed by atoms with Crippen molar-refractivity contribution in [2.75, 3.05) is 7.11 Å². The van der Waals surface area contributed by atoms with E-state index in [0.29, 0.717) is 0 Å². The molecule has 1 aliphatic heterocycles. The second-order valence-corrected chi connectivity index (χ2v) is 13.7. The Bertz CT molecular complexity index is 2430. The Hall–Kier alpha value is -5.86. The normalized spacial score (nSPS) is 15.2. The standard InChI is InChI=1S/C47H34O2/c1-29-16-20-31(21-17-29)46(32-22-18-30(2)19-23-32)27-26-38-44-43(36-25-24-33(48-3)28-39(36)45(38)49-46)37-12-6-9-15-42(37)47(44)40-13-7-4-10-34(40)35-11-5-8-14-41(35)47/h4-28H,1-3H3. The van der Waals surface area contributed by atoms with Crippen molar-refractivity contribution in [2.24, 2.45) is 0 Å². The van der Waals surface area contributed by atoms with Crippen LogP contribution in [0.3, 0.4) is 0 Å². The summed E-state index contributed by atoms with van der Waals surface area (Å²) in [6.07, 6.45) is 4.65. The highest BCUT2D eigenvalue weighted by Gasteiger charge is 2.54. The summed E-state index contributed by atoms with van der Waals surface area (Å²) >= 11 is 0. The van der Waals surface area contributed by atoms with Gasteiger partial charge >= 0.3 is 0 Å². The fourth-order valence-corrected chi connectivity index (χ4v) is 8.95. The molecule has 3 aliphatic rings. The minimum absolute atomic E-state index is 0.501. The smallest absolute Gasteiger partial charge is 0.178 e. The van der Waals surface area contributed by atoms with E-state index < -0.39 is 11.0 Å². The summed E-state index contributed by atoms with van der Waals surface area (Å²) in [6.45, 7) is 4.26. The van der Waals surface area contributed by atoms with Crippen LogP contribution in [0.4, 0.5) is 0 Å². The lowest BCUT2D eigenvalue weighted by Crippen LogP contribution is -2.35. The van der Waals surface area contributed by atoms with E-state index in [1.165, 1.54) is 55.6 Å². The molecule has 2 nitrogen and oxygen atoms in total. The molecule has 7 aromatic rings. The summed E-state index contributed by atoms with van der Waals surface area (Å²) in [5, 5.41) is 2.21. The predicted octanol–water partition coefficient (Wildman–Crippen LogP) is 11.2. The van der Waals surface area contributed by atoms with Gasteiger partial charge in [0.1, 0.15) is 11.5 Å². The van der Waals surface area contributed by atoms with Crippen LogP contribution in [0.2, 0.25) is 0 Å². The molecule has 7 aromatic carbocycles. The molecule has 0 fully saturated rings. The number of aryl methyl sites for hydroxylation is 2. The monoisotopic (exact) mass is 630 g/mol. The molecule has 2 heteroatoms. The van der Waals surface area contributed by atoms with Gasteiger partial charge in [-0.1, -0.05) is 139 Å². The van der Waals surface area contributed by atoms with Gasteiger partial charge in [-0.25, -0.2) is 0 Å². The Kier molecular flexibility index (Phi) is 5.79. The molecule has 1 heterocycles. The molecule has 234 valence electrons. The number of methoxy groups -OCH3 is 1. The molecule has 0 unspecified atom stereocenters. The molecule has 2 aliphatic carbocycles. The van der Waals surface area contributed by atoms with Crippen LogP contribution >= 0.6 is 0 Å². The van der Waals surface area contributed by atoms with Crippen molar-refractivity contribution in [1.29, 1.82) is 0 Å². The van der Waals surface area contributed by atoms with Gasteiger partial charge in [-0.15, -0.1) is 0 Å². The van der Waals surface area contributed by atoms with Crippen molar-refractivity contribution < 1.29 is 9.47 Å². The number of rotatable bonds is 3. The molecule has 0 aromatic heterocycles. The quantitative estimate of drug-likeness (QED) is 0.193. The van der Waals surface area contributed by atoms with Crippen LogP contribution in [0.25, 0.3) is 39.1 Å². The Morgan fingerprint density at radius 1 is 0.551 bits per heavy atom. The molecule has 49 heavy (non-hydrogen) atoms. The van der Waals surface area contributed by atoms with E-state index in [1.807, 2.05) is 0 Å². The maximum atomic E-state index is 7.64. The van der Waals surface area contributed by atoms with Crippen molar-refractivity contribution in [1.82, 2.24) is 0 Å². The lowest BCUT2D eigenvalue weighted by Gasteiger charge is -2.39. The van der Waals surface area contributed by atoms with E-state index in [0.717, 1.165) is 39.0 Å². The molecule has 0 saturated carbocycles. The van der Waals surface area contributed by atoms with Gasteiger partial charge in [0.15, 0.2) is 5.60 Å². The van der Waals surface area contributed by atoms with Crippen LogP contribution < -0.4 is 9.47 Å². The fourth-order valence-electron chi connectivity index (χ4n) is 8.95. The molecular weight excluding hydrogens is 597 g/mol. The lowest BCUT2D eigenvalue weighted by molar-refractivity contribution is 0.163. The third-order valence-electron chi connectivity index (χ3n) is 11.1. The first-order valence-electron chi connectivity index (χ1n) is 17.0.